The van der Waals surface area contributed by atoms with E-state index in [9.17, 15) is 9.59 Å². The fraction of sp³-hybridized carbons (Fsp3) is 0. The van der Waals surface area contributed by atoms with Crippen LogP contribution < -0.4 is 0 Å². The van der Waals surface area contributed by atoms with Crippen molar-refractivity contribution in [3.8, 4) is 0 Å². The molecule has 1 unspecified atom stereocenters. The summed E-state index contributed by atoms with van der Waals surface area (Å²) in [6.45, 7) is 0. The average molecular weight is 140 g/mol. The first-order valence-corrected chi connectivity index (χ1v) is 3.62. The second kappa shape index (κ2) is 2.58. The maximum absolute atomic E-state index is 10.1. The molecule has 0 saturated heterocycles. The van der Waals surface area contributed by atoms with Crippen LogP contribution in [-0.2, 0) is 9.59 Å². The van der Waals surface area contributed by atoms with Gasteiger partial charge in [-0.05, 0) is 22.0 Å². The summed E-state index contributed by atoms with van der Waals surface area (Å²) in [6, 6.07) is 0. The summed E-state index contributed by atoms with van der Waals surface area (Å²) in [4.78, 5) is 20.6. The van der Waals surface area contributed by atoms with E-state index in [0.717, 1.165) is 0 Å². The molecule has 0 aromatic carbocycles. The average Bonchev–Trinajstić information content (AvgIpc) is 2.33. The number of carbonyl (C=O) groups excluding carboxylic acids is 2. The summed E-state index contributed by atoms with van der Waals surface area (Å²) in [7, 11) is -0.665. The maximum atomic E-state index is 10.1. The van der Waals surface area contributed by atoms with Gasteiger partial charge in [0, 0.05) is 0 Å². The molecule has 0 N–H and O–H groups in total. The van der Waals surface area contributed by atoms with Crippen LogP contribution in [0.3, 0.4) is 0 Å². The lowest BCUT2D eigenvalue weighted by Gasteiger charge is -1.85. The Kier molecular flexibility index (Phi) is 1.78. The summed E-state index contributed by atoms with van der Waals surface area (Å²) >= 11 is 0. The Balaban J connectivity index is 3.04. The summed E-state index contributed by atoms with van der Waals surface area (Å²) in [5.41, 5.74) is 0. The summed E-state index contributed by atoms with van der Waals surface area (Å²) in [5.74, 6) is 0. The molecule has 0 radical (unpaired) electrons. The largest absolute Gasteiger partial charge is 0.297 e. The maximum Gasteiger partial charge on any atom is 0.164 e. The van der Waals surface area contributed by atoms with Gasteiger partial charge in [0.2, 0.25) is 0 Å². The molecule has 0 aromatic heterocycles. The Bertz CT molecular complexity index is 244. The van der Waals surface area contributed by atoms with E-state index >= 15 is 0 Å². The number of allylic oxidation sites excluding steroid dienone is 3. The van der Waals surface area contributed by atoms with Crippen LogP contribution >= 0.6 is 10.5 Å². The van der Waals surface area contributed by atoms with Crippen LogP contribution in [0.5, 0.6) is 0 Å². The second-order valence-corrected chi connectivity index (χ2v) is 3.02. The molecular formula is C6H4O2S. The van der Waals surface area contributed by atoms with Crippen molar-refractivity contribution in [3.63, 3.8) is 0 Å². The van der Waals surface area contributed by atoms with Crippen LogP contribution in [0.1, 0.15) is 0 Å². The minimum Gasteiger partial charge on any atom is -0.297 e. The molecule has 0 aliphatic carbocycles. The van der Waals surface area contributed by atoms with E-state index in [0.29, 0.717) is 11.2 Å². The normalized spacial score (nSPS) is 23.1. The number of aldehydes is 1. The minimum absolute atomic E-state index is 0.519. The molecule has 0 amide bonds. The lowest BCUT2D eigenvalue weighted by Crippen LogP contribution is -1.72. The SMILES string of the molecule is O=C=S1C=CC=C1C=O. The van der Waals surface area contributed by atoms with Crippen molar-refractivity contribution in [2.75, 3.05) is 0 Å². The van der Waals surface area contributed by atoms with Crippen LogP contribution in [0.15, 0.2) is 22.5 Å². The molecule has 1 rings (SSSR count). The van der Waals surface area contributed by atoms with Gasteiger partial charge in [-0.3, -0.25) is 4.79 Å². The van der Waals surface area contributed by atoms with E-state index in [-0.39, 0.29) is 0 Å². The van der Waals surface area contributed by atoms with Crippen LogP contribution in [0.2, 0.25) is 0 Å². The van der Waals surface area contributed by atoms with Crippen LogP contribution in [0, 0.1) is 0 Å². The van der Waals surface area contributed by atoms with Gasteiger partial charge < -0.3 is 0 Å². The summed E-state index contributed by atoms with van der Waals surface area (Å²) in [5, 5.41) is 3.42. The zero-order valence-electron chi connectivity index (χ0n) is 4.53. The van der Waals surface area contributed by atoms with Crippen LogP contribution in [0.25, 0.3) is 0 Å². The molecule has 0 spiro atoms. The van der Waals surface area contributed by atoms with Gasteiger partial charge in [0.05, 0.1) is 4.91 Å². The molecule has 1 atom stereocenters. The zero-order valence-corrected chi connectivity index (χ0v) is 5.35. The monoisotopic (exact) mass is 140 g/mol. The van der Waals surface area contributed by atoms with E-state index < -0.39 is 10.5 Å². The van der Waals surface area contributed by atoms with Gasteiger partial charge in [-0.2, -0.15) is 0 Å². The van der Waals surface area contributed by atoms with E-state index in [1.165, 1.54) is 0 Å². The fourth-order valence-electron chi connectivity index (χ4n) is 0.532. The van der Waals surface area contributed by atoms with E-state index in [1.54, 1.807) is 22.8 Å². The van der Waals surface area contributed by atoms with E-state index in [1.807, 2.05) is 0 Å². The molecule has 0 fully saturated rings. The third-order valence-electron chi connectivity index (χ3n) is 0.935. The topological polar surface area (TPSA) is 34.1 Å². The van der Waals surface area contributed by atoms with Gasteiger partial charge in [-0.15, -0.1) is 0 Å². The third kappa shape index (κ3) is 1.07. The van der Waals surface area contributed by atoms with Gasteiger partial charge in [0.15, 0.2) is 11.5 Å². The van der Waals surface area contributed by atoms with Crippen LogP contribution in [-0.4, -0.2) is 11.5 Å². The molecule has 1 heterocycles. The van der Waals surface area contributed by atoms with Crippen molar-refractivity contribution in [1.29, 1.82) is 0 Å². The lowest BCUT2D eigenvalue weighted by atomic mass is 10.5. The van der Waals surface area contributed by atoms with Gasteiger partial charge in [0.25, 0.3) is 0 Å². The van der Waals surface area contributed by atoms with Gasteiger partial charge in [-0.1, -0.05) is 6.08 Å². The molecule has 0 bridgehead atoms. The van der Waals surface area contributed by atoms with Gasteiger partial charge >= 0.3 is 0 Å². The van der Waals surface area contributed by atoms with Gasteiger partial charge in [0.1, 0.15) is 0 Å². The standard InChI is InChI=1S/C6H4O2S/c7-4-6-2-1-3-9(6)5-8/h1-4H. The predicted octanol–water partition coefficient (Wildman–Crippen LogP) is 0.933. The molecular weight excluding hydrogens is 136 g/mol. The van der Waals surface area contributed by atoms with Crippen molar-refractivity contribution >= 4 is 22.0 Å². The highest BCUT2D eigenvalue weighted by molar-refractivity contribution is 8.21. The zero-order chi connectivity index (χ0) is 6.69. The highest BCUT2D eigenvalue weighted by Crippen LogP contribution is 2.27. The Morgan fingerprint density at radius 1 is 1.67 bits per heavy atom. The number of carbonyl (C=O) groups is 1. The third-order valence-corrected chi connectivity index (χ3v) is 2.28. The molecule has 1 aliphatic heterocycles. The Morgan fingerprint density at radius 2 is 2.44 bits per heavy atom. The first kappa shape index (κ1) is 6.20. The molecule has 0 aromatic rings. The Hall–Kier alpha value is -0.920. The number of hydrogen-bond acceptors (Lipinski definition) is 2. The van der Waals surface area contributed by atoms with Crippen LogP contribution in [0.4, 0.5) is 0 Å². The smallest absolute Gasteiger partial charge is 0.164 e. The van der Waals surface area contributed by atoms with E-state index in [2.05, 4.69) is 0 Å². The van der Waals surface area contributed by atoms with Crippen molar-refractivity contribution in [3.05, 3.63) is 22.5 Å². The Labute approximate surface area is 54.8 Å². The van der Waals surface area contributed by atoms with Crippen molar-refractivity contribution in [2.24, 2.45) is 0 Å². The number of rotatable bonds is 1. The number of hydrogen-bond donors (Lipinski definition) is 0. The first-order valence-electron chi connectivity index (χ1n) is 2.33. The highest BCUT2D eigenvalue weighted by atomic mass is 32.2. The lowest BCUT2D eigenvalue weighted by molar-refractivity contribution is -0.104. The van der Waals surface area contributed by atoms with Gasteiger partial charge in [-0.25, -0.2) is 4.79 Å². The predicted molar refractivity (Wildman–Crippen MR) is 36.6 cm³/mol. The highest BCUT2D eigenvalue weighted by Gasteiger charge is 2.02. The van der Waals surface area contributed by atoms with E-state index in [4.69, 9.17) is 0 Å². The van der Waals surface area contributed by atoms with Crippen molar-refractivity contribution in [1.82, 2.24) is 0 Å². The fourth-order valence-corrected chi connectivity index (χ4v) is 1.41. The molecule has 0 saturated carbocycles. The minimum atomic E-state index is -0.665. The first-order chi connectivity index (χ1) is 4.38. The summed E-state index contributed by atoms with van der Waals surface area (Å²) < 4.78 is 0. The second-order valence-electron chi connectivity index (χ2n) is 1.44. The summed E-state index contributed by atoms with van der Waals surface area (Å²) in [6.07, 6.45) is 4.01. The van der Waals surface area contributed by atoms with Crippen molar-refractivity contribution < 1.29 is 9.59 Å². The Morgan fingerprint density at radius 3 is 2.89 bits per heavy atom. The van der Waals surface area contributed by atoms with Crippen molar-refractivity contribution in [2.45, 2.75) is 0 Å². The molecule has 2 nitrogen and oxygen atoms in total. The molecule has 1 aliphatic rings. The molecule has 3 heteroatoms. The quantitative estimate of drug-likeness (QED) is 0.401. The molecule has 9 heavy (non-hydrogen) atoms. The molecule has 46 valence electrons.